The second-order valence-corrected chi connectivity index (χ2v) is 3.78. The molecule has 0 bridgehead atoms. The summed E-state index contributed by atoms with van der Waals surface area (Å²) in [5, 5.41) is 11.6. The van der Waals surface area contributed by atoms with Crippen molar-refractivity contribution in [2.45, 2.75) is 33.2 Å². The Hall–Kier alpha value is -1.30. The smallest absolute Gasteiger partial charge is 0.237 e. The van der Waals surface area contributed by atoms with Gasteiger partial charge in [0.25, 0.3) is 0 Å². The first-order valence-electron chi connectivity index (χ1n) is 4.83. The maximum atomic E-state index is 11.5. The van der Waals surface area contributed by atoms with Crippen molar-refractivity contribution in [1.82, 2.24) is 5.32 Å². The van der Waals surface area contributed by atoms with Crippen LogP contribution in [0.15, 0.2) is 12.7 Å². The lowest BCUT2D eigenvalue weighted by Gasteiger charge is -2.16. The zero-order valence-electron chi connectivity index (χ0n) is 9.08. The van der Waals surface area contributed by atoms with Crippen molar-refractivity contribution in [3.05, 3.63) is 12.7 Å². The number of carbonyl (C=O) groups excluding carboxylic acids is 1. The van der Waals surface area contributed by atoms with Gasteiger partial charge in [-0.25, -0.2) is 0 Å². The molecule has 0 saturated carbocycles. The first-order valence-corrected chi connectivity index (χ1v) is 4.83. The maximum Gasteiger partial charge on any atom is 0.237 e. The molecule has 0 aromatic heterocycles. The van der Waals surface area contributed by atoms with E-state index < -0.39 is 5.92 Å². The lowest BCUT2D eigenvalue weighted by atomic mass is 9.96. The first kappa shape index (κ1) is 12.7. The molecular weight excluding hydrogens is 176 g/mol. The summed E-state index contributed by atoms with van der Waals surface area (Å²) in [7, 11) is 0. The van der Waals surface area contributed by atoms with Crippen molar-refractivity contribution in [1.29, 1.82) is 5.26 Å². The molecule has 3 heteroatoms. The van der Waals surface area contributed by atoms with Crippen LogP contribution < -0.4 is 5.32 Å². The van der Waals surface area contributed by atoms with Gasteiger partial charge in [0.1, 0.15) is 5.92 Å². The highest BCUT2D eigenvalue weighted by atomic mass is 16.1. The minimum Gasteiger partial charge on any atom is -0.352 e. The Labute approximate surface area is 85.8 Å². The molecule has 0 spiro atoms. The monoisotopic (exact) mass is 194 g/mol. The summed E-state index contributed by atoms with van der Waals surface area (Å²) in [5.41, 5.74) is 0. The van der Waals surface area contributed by atoms with Crippen LogP contribution in [0.5, 0.6) is 0 Å². The van der Waals surface area contributed by atoms with E-state index in [2.05, 4.69) is 11.9 Å². The molecule has 3 nitrogen and oxygen atoms in total. The molecule has 0 aromatic rings. The van der Waals surface area contributed by atoms with Gasteiger partial charge in [0.2, 0.25) is 5.91 Å². The Morgan fingerprint density at radius 3 is 2.50 bits per heavy atom. The van der Waals surface area contributed by atoms with E-state index in [0.29, 0.717) is 0 Å². The van der Waals surface area contributed by atoms with Gasteiger partial charge in [0.05, 0.1) is 6.07 Å². The van der Waals surface area contributed by atoms with Crippen LogP contribution in [0.25, 0.3) is 0 Å². The summed E-state index contributed by atoms with van der Waals surface area (Å²) >= 11 is 0. The molecule has 0 aliphatic heterocycles. The number of nitrogens with zero attached hydrogens (tertiary/aromatic N) is 1. The van der Waals surface area contributed by atoms with Crippen LogP contribution in [0.1, 0.15) is 27.2 Å². The van der Waals surface area contributed by atoms with Gasteiger partial charge < -0.3 is 5.32 Å². The number of nitrogens with one attached hydrogen (secondary N) is 1. The summed E-state index contributed by atoms with van der Waals surface area (Å²) in [6.07, 6.45) is 2.48. The zero-order chi connectivity index (χ0) is 11.1. The molecule has 0 rings (SSSR count). The fourth-order valence-electron chi connectivity index (χ4n) is 1.15. The van der Waals surface area contributed by atoms with E-state index in [1.165, 1.54) is 0 Å². The third kappa shape index (κ3) is 4.08. The second-order valence-electron chi connectivity index (χ2n) is 3.78. The van der Waals surface area contributed by atoms with Crippen LogP contribution in [0.4, 0.5) is 0 Å². The summed E-state index contributed by atoms with van der Waals surface area (Å²) in [6, 6.07) is 2.06. The van der Waals surface area contributed by atoms with Crippen LogP contribution in [-0.2, 0) is 4.79 Å². The van der Waals surface area contributed by atoms with E-state index in [-0.39, 0.29) is 17.9 Å². The molecule has 0 aromatic carbocycles. The Balaban J connectivity index is 4.19. The number of rotatable bonds is 5. The van der Waals surface area contributed by atoms with Gasteiger partial charge in [-0.1, -0.05) is 19.9 Å². The van der Waals surface area contributed by atoms with Gasteiger partial charge in [-0.3, -0.25) is 4.79 Å². The minimum atomic E-state index is -0.553. The average Bonchev–Trinajstić information content (AvgIpc) is 2.04. The molecule has 78 valence electrons. The highest BCUT2D eigenvalue weighted by Gasteiger charge is 2.22. The Kier molecular flexibility index (Phi) is 5.62. The molecular formula is C11H18N2O. The van der Waals surface area contributed by atoms with Crippen LogP contribution in [0.2, 0.25) is 0 Å². The second kappa shape index (κ2) is 6.20. The third-order valence-corrected chi connectivity index (χ3v) is 2.00. The Morgan fingerprint density at radius 1 is 1.57 bits per heavy atom. The predicted molar refractivity (Wildman–Crippen MR) is 56.4 cm³/mol. The topological polar surface area (TPSA) is 52.9 Å². The summed E-state index contributed by atoms with van der Waals surface area (Å²) < 4.78 is 0. The number of nitriles is 1. The van der Waals surface area contributed by atoms with Crippen molar-refractivity contribution in [3.8, 4) is 6.07 Å². The highest BCUT2D eigenvalue weighted by Crippen LogP contribution is 2.09. The van der Waals surface area contributed by atoms with Gasteiger partial charge in [-0.05, 0) is 19.3 Å². The van der Waals surface area contributed by atoms with Crippen LogP contribution in [-0.4, -0.2) is 11.9 Å². The molecule has 0 radical (unpaired) electrons. The number of hydrogen-bond acceptors (Lipinski definition) is 2. The van der Waals surface area contributed by atoms with Crippen LogP contribution >= 0.6 is 0 Å². The number of carbonyl (C=O) groups is 1. The molecule has 0 saturated heterocycles. The van der Waals surface area contributed by atoms with Gasteiger partial charge in [-0.2, -0.15) is 5.26 Å². The standard InChI is InChI=1S/C11H18N2O/c1-5-6-9(4)13-11(14)10(7-12)8(2)3/h5,8-10H,1,6H2,2-4H3,(H,13,14). The van der Waals surface area contributed by atoms with Crippen LogP contribution in [0, 0.1) is 23.2 Å². The summed E-state index contributed by atoms with van der Waals surface area (Å²) in [5.74, 6) is -0.685. The zero-order valence-corrected chi connectivity index (χ0v) is 9.08. The van der Waals surface area contributed by atoms with Crippen molar-refractivity contribution >= 4 is 5.91 Å². The molecule has 1 amide bonds. The normalized spacial score (nSPS) is 14.2. The van der Waals surface area contributed by atoms with Crippen molar-refractivity contribution < 1.29 is 4.79 Å². The summed E-state index contributed by atoms with van der Waals surface area (Å²) in [4.78, 5) is 11.5. The maximum absolute atomic E-state index is 11.5. The molecule has 1 N–H and O–H groups in total. The van der Waals surface area contributed by atoms with Gasteiger partial charge in [-0.15, -0.1) is 6.58 Å². The Bertz CT molecular complexity index is 240. The quantitative estimate of drug-likeness (QED) is 0.679. The molecule has 0 fully saturated rings. The van der Waals surface area contributed by atoms with Gasteiger partial charge >= 0.3 is 0 Å². The lowest BCUT2D eigenvalue weighted by molar-refractivity contribution is -0.125. The SMILES string of the molecule is C=CCC(C)NC(=O)C(C#N)C(C)C. The van der Waals surface area contributed by atoms with Crippen molar-refractivity contribution in [2.75, 3.05) is 0 Å². The van der Waals surface area contributed by atoms with Crippen LogP contribution in [0.3, 0.4) is 0 Å². The van der Waals surface area contributed by atoms with E-state index in [4.69, 9.17) is 5.26 Å². The molecule has 2 unspecified atom stereocenters. The number of amides is 1. The lowest BCUT2D eigenvalue weighted by Crippen LogP contribution is -2.38. The van der Waals surface area contributed by atoms with Gasteiger partial charge in [0, 0.05) is 6.04 Å². The first-order chi connectivity index (χ1) is 6.52. The van der Waals surface area contributed by atoms with E-state index in [1.807, 2.05) is 26.8 Å². The van der Waals surface area contributed by atoms with E-state index in [9.17, 15) is 4.79 Å². The molecule has 0 heterocycles. The largest absolute Gasteiger partial charge is 0.352 e. The van der Waals surface area contributed by atoms with Gasteiger partial charge in [0.15, 0.2) is 0 Å². The fourth-order valence-corrected chi connectivity index (χ4v) is 1.15. The van der Waals surface area contributed by atoms with E-state index in [1.54, 1.807) is 6.08 Å². The van der Waals surface area contributed by atoms with Crippen molar-refractivity contribution in [3.63, 3.8) is 0 Å². The van der Waals surface area contributed by atoms with E-state index in [0.717, 1.165) is 6.42 Å². The van der Waals surface area contributed by atoms with Crippen molar-refractivity contribution in [2.24, 2.45) is 11.8 Å². The van der Waals surface area contributed by atoms with E-state index >= 15 is 0 Å². The minimum absolute atomic E-state index is 0.0506. The molecule has 2 atom stereocenters. The molecule has 0 aliphatic carbocycles. The Morgan fingerprint density at radius 2 is 2.14 bits per heavy atom. The summed E-state index contributed by atoms with van der Waals surface area (Å²) in [6.45, 7) is 9.22. The average molecular weight is 194 g/mol. The predicted octanol–water partition coefficient (Wildman–Crippen LogP) is 1.86. The number of hydrogen-bond donors (Lipinski definition) is 1. The molecule has 0 aliphatic rings. The highest BCUT2D eigenvalue weighted by molar-refractivity contribution is 5.81. The fraction of sp³-hybridized carbons (Fsp3) is 0.636. The third-order valence-electron chi connectivity index (χ3n) is 2.00. The molecule has 14 heavy (non-hydrogen) atoms.